The van der Waals surface area contributed by atoms with E-state index in [-0.39, 0.29) is 6.10 Å². The third-order valence-corrected chi connectivity index (χ3v) is 3.87. The molecule has 0 spiro atoms. The first-order chi connectivity index (χ1) is 8.29. The van der Waals surface area contributed by atoms with E-state index in [4.69, 9.17) is 4.74 Å². The SMILES string of the molecule is CC(C1CC1)n1cc(C=O)c(C2CCCO2)n1. The lowest BCUT2D eigenvalue weighted by molar-refractivity contribution is 0.103. The number of aromatic nitrogens is 2. The van der Waals surface area contributed by atoms with Gasteiger partial charge < -0.3 is 4.74 Å². The number of carbonyl (C=O) groups is 1. The van der Waals surface area contributed by atoms with Gasteiger partial charge in [0.05, 0.1) is 11.6 Å². The van der Waals surface area contributed by atoms with Gasteiger partial charge in [-0.05, 0) is 38.5 Å². The van der Waals surface area contributed by atoms with Gasteiger partial charge in [-0.1, -0.05) is 0 Å². The van der Waals surface area contributed by atoms with Crippen molar-refractivity contribution >= 4 is 6.29 Å². The number of hydrogen-bond donors (Lipinski definition) is 0. The van der Waals surface area contributed by atoms with Crippen molar-refractivity contribution < 1.29 is 9.53 Å². The highest BCUT2D eigenvalue weighted by molar-refractivity contribution is 5.76. The normalized spacial score (nSPS) is 26.1. The fourth-order valence-electron chi connectivity index (χ4n) is 2.56. The van der Waals surface area contributed by atoms with Gasteiger partial charge in [0, 0.05) is 12.8 Å². The molecule has 4 heteroatoms. The highest BCUT2D eigenvalue weighted by atomic mass is 16.5. The molecule has 92 valence electrons. The van der Waals surface area contributed by atoms with Crippen LogP contribution in [-0.4, -0.2) is 22.7 Å². The number of hydrogen-bond acceptors (Lipinski definition) is 3. The molecule has 0 radical (unpaired) electrons. The van der Waals surface area contributed by atoms with E-state index >= 15 is 0 Å². The predicted molar refractivity (Wildman–Crippen MR) is 63.0 cm³/mol. The molecule has 0 bridgehead atoms. The van der Waals surface area contributed by atoms with Crippen LogP contribution in [0.2, 0.25) is 0 Å². The standard InChI is InChI=1S/C13H18N2O2/c1-9(10-4-5-10)15-7-11(8-16)13(14-15)12-3-2-6-17-12/h7-10,12H,2-6H2,1H3. The summed E-state index contributed by atoms with van der Waals surface area (Å²) in [6.45, 7) is 2.96. The molecule has 1 aliphatic heterocycles. The van der Waals surface area contributed by atoms with Gasteiger partial charge in [0.15, 0.2) is 6.29 Å². The van der Waals surface area contributed by atoms with Crippen LogP contribution in [0.5, 0.6) is 0 Å². The molecule has 0 amide bonds. The predicted octanol–water partition coefficient (Wildman–Crippen LogP) is 2.52. The minimum absolute atomic E-state index is 0.0304. The molecule has 1 saturated heterocycles. The minimum atomic E-state index is 0.0304. The van der Waals surface area contributed by atoms with Crippen molar-refractivity contribution in [3.63, 3.8) is 0 Å². The first kappa shape index (κ1) is 11.0. The summed E-state index contributed by atoms with van der Waals surface area (Å²) in [4.78, 5) is 11.1. The monoisotopic (exact) mass is 234 g/mol. The van der Waals surface area contributed by atoms with E-state index in [0.717, 1.165) is 37.3 Å². The zero-order valence-electron chi connectivity index (χ0n) is 10.1. The van der Waals surface area contributed by atoms with Gasteiger partial charge in [-0.15, -0.1) is 0 Å². The van der Waals surface area contributed by atoms with Crippen LogP contribution in [0, 0.1) is 5.92 Å². The lowest BCUT2D eigenvalue weighted by atomic mass is 10.1. The highest BCUT2D eigenvalue weighted by Crippen LogP contribution is 2.40. The Hall–Kier alpha value is -1.16. The lowest BCUT2D eigenvalue weighted by Crippen LogP contribution is -2.09. The Labute approximate surface area is 101 Å². The number of carbonyl (C=O) groups excluding carboxylic acids is 1. The molecule has 3 rings (SSSR count). The number of nitrogens with zero attached hydrogens (tertiary/aromatic N) is 2. The van der Waals surface area contributed by atoms with Crippen molar-refractivity contribution in [1.29, 1.82) is 0 Å². The summed E-state index contributed by atoms with van der Waals surface area (Å²) in [5, 5.41) is 4.58. The first-order valence-corrected chi connectivity index (χ1v) is 6.45. The molecular weight excluding hydrogens is 216 g/mol. The van der Waals surface area contributed by atoms with Crippen LogP contribution in [0.3, 0.4) is 0 Å². The molecule has 17 heavy (non-hydrogen) atoms. The summed E-state index contributed by atoms with van der Waals surface area (Å²) < 4.78 is 7.57. The van der Waals surface area contributed by atoms with Crippen LogP contribution in [0.1, 0.15) is 60.8 Å². The second-order valence-corrected chi connectivity index (χ2v) is 5.15. The van der Waals surface area contributed by atoms with Crippen molar-refractivity contribution in [3.05, 3.63) is 17.5 Å². The van der Waals surface area contributed by atoms with E-state index in [0.29, 0.717) is 11.6 Å². The van der Waals surface area contributed by atoms with E-state index in [1.54, 1.807) is 0 Å². The largest absolute Gasteiger partial charge is 0.372 e. The van der Waals surface area contributed by atoms with Gasteiger partial charge in [0.1, 0.15) is 11.8 Å². The molecule has 2 atom stereocenters. The Kier molecular flexibility index (Phi) is 2.74. The van der Waals surface area contributed by atoms with Crippen molar-refractivity contribution in [2.75, 3.05) is 6.61 Å². The maximum Gasteiger partial charge on any atom is 0.153 e. The lowest BCUT2D eigenvalue weighted by Gasteiger charge is -2.10. The highest BCUT2D eigenvalue weighted by Gasteiger charge is 2.31. The van der Waals surface area contributed by atoms with Crippen molar-refractivity contribution in [3.8, 4) is 0 Å². The molecule has 2 heterocycles. The van der Waals surface area contributed by atoms with Crippen LogP contribution in [0.15, 0.2) is 6.20 Å². The van der Waals surface area contributed by atoms with Gasteiger partial charge in [-0.3, -0.25) is 9.48 Å². The minimum Gasteiger partial charge on any atom is -0.372 e. The van der Waals surface area contributed by atoms with Gasteiger partial charge >= 0.3 is 0 Å². The third-order valence-electron chi connectivity index (χ3n) is 3.87. The molecule has 2 unspecified atom stereocenters. The molecule has 2 fully saturated rings. The van der Waals surface area contributed by atoms with Gasteiger partial charge in [-0.2, -0.15) is 5.10 Å². The third kappa shape index (κ3) is 2.02. The average Bonchev–Trinajstić information content (AvgIpc) is 2.90. The molecule has 1 aromatic rings. The van der Waals surface area contributed by atoms with E-state index in [1.165, 1.54) is 12.8 Å². The maximum atomic E-state index is 11.1. The summed E-state index contributed by atoms with van der Waals surface area (Å²) >= 11 is 0. The molecule has 0 aromatic carbocycles. The Bertz CT molecular complexity index is 417. The molecule has 1 aliphatic carbocycles. The van der Waals surface area contributed by atoms with Crippen LogP contribution in [0.25, 0.3) is 0 Å². The molecule has 2 aliphatic rings. The van der Waals surface area contributed by atoms with E-state index in [1.807, 2.05) is 10.9 Å². The zero-order chi connectivity index (χ0) is 11.8. The fraction of sp³-hybridized carbons (Fsp3) is 0.692. The van der Waals surface area contributed by atoms with Crippen LogP contribution < -0.4 is 0 Å². The molecule has 0 N–H and O–H groups in total. The smallest absolute Gasteiger partial charge is 0.153 e. The molecular formula is C13H18N2O2. The van der Waals surface area contributed by atoms with E-state index < -0.39 is 0 Å². The molecule has 4 nitrogen and oxygen atoms in total. The fourth-order valence-corrected chi connectivity index (χ4v) is 2.56. The van der Waals surface area contributed by atoms with Crippen molar-refractivity contribution in [1.82, 2.24) is 9.78 Å². The van der Waals surface area contributed by atoms with Gasteiger partial charge in [-0.25, -0.2) is 0 Å². The topological polar surface area (TPSA) is 44.1 Å². The number of aldehydes is 1. The summed E-state index contributed by atoms with van der Waals surface area (Å²) in [7, 11) is 0. The number of ether oxygens (including phenoxy) is 1. The Morgan fingerprint density at radius 2 is 2.35 bits per heavy atom. The van der Waals surface area contributed by atoms with Crippen LogP contribution in [0.4, 0.5) is 0 Å². The summed E-state index contributed by atoms with van der Waals surface area (Å²) in [6, 6.07) is 0.406. The molecule has 1 saturated carbocycles. The van der Waals surface area contributed by atoms with Crippen LogP contribution >= 0.6 is 0 Å². The summed E-state index contributed by atoms with van der Waals surface area (Å²) in [5.41, 5.74) is 1.54. The second kappa shape index (κ2) is 4.26. The van der Waals surface area contributed by atoms with Crippen molar-refractivity contribution in [2.24, 2.45) is 5.92 Å². The summed E-state index contributed by atoms with van der Waals surface area (Å²) in [5.74, 6) is 0.742. The van der Waals surface area contributed by atoms with Crippen LogP contribution in [-0.2, 0) is 4.74 Å². The molecule has 1 aromatic heterocycles. The summed E-state index contributed by atoms with van der Waals surface area (Å²) in [6.07, 6.45) is 7.43. The van der Waals surface area contributed by atoms with Crippen molar-refractivity contribution in [2.45, 2.75) is 44.8 Å². The zero-order valence-corrected chi connectivity index (χ0v) is 10.1. The quantitative estimate of drug-likeness (QED) is 0.752. The second-order valence-electron chi connectivity index (χ2n) is 5.15. The van der Waals surface area contributed by atoms with Gasteiger partial charge in [0.2, 0.25) is 0 Å². The van der Waals surface area contributed by atoms with Gasteiger partial charge in [0.25, 0.3) is 0 Å². The number of rotatable bonds is 4. The Morgan fingerprint density at radius 1 is 1.53 bits per heavy atom. The van der Waals surface area contributed by atoms with E-state index in [9.17, 15) is 4.79 Å². The Balaban J connectivity index is 1.88. The average molecular weight is 234 g/mol. The van der Waals surface area contributed by atoms with E-state index in [2.05, 4.69) is 12.0 Å². The first-order valence-electron chi connectivity index (χ1n) is 6.45. The Morgan fingerprint density at radius 3 is 2.94 bits per heavy atom. The maximum absolute atomic E-state index is 11.1.